The topological polar surface area (TPSA) is 12.4 Å². The van der Waals surface area contributed by atoms with Crippen molar-refractivity contribution in [3.63, 3.8) is 0 Å². The molecule has 0 aromatic heterocycles. The maximum absolute atomic E-state index is 4.41. The number of para-hydroxylation sites is 1. The van der Waals surface area contributed by atoms with Gasteiger partial charge >= 0.3 is 0 Å². The molecule has 0 N–H and O–H groups in total. The smallest absolute Gasteiger partial charge is 0.0650 e. The summed E-state index contributed by atoms with van der Waals surface area (Å²) in [5.41, 5.74) is 7.08. The zero-order valence-corrected chi connectivity index (χ0v) is 27.2. The van der Waals surface area contributed by atoms with E-state index in [2.05, 4.69) is 167 Å². The first-order valence-corrected chi connectivity index (χ1v) is 16.2. The van der Waals surface area contributed by atoms with Gasteiger partial charge < -0.3 is 0 Å². The van der Waals surface area contributed by atoms with Crippen molar-refractivity contribution >= 4 is 27.1 Å². The van der Waals surface area contributed by atoms with Crippen LogP contribution >= 0.6 is 0 Å². The Morgan fingerprint density at radius 1 is 0.500 bits per heavy atom. The van der Waals surface area contributed by atoms with E-state index in [1.165, 1.54) is 59.9 Å². The molecule has 240 valence electrons. The molecular formula is C45H55N. The van der Waals surface area contributed by atoms with Crippen LogP contribution in [-0.2, 0) is 19.3 Å². The molecule has 0 radical (unpaired) electrons. The minimum atomic E-state index is 0. The molecule has 0 saturated heterocycles. The molecule has 1 heterocycles. The number of benzene rings is 6. The van der Waals surface area contributed by atoms with E-state index in [9.17, 15) is 0 Å². The number of hydrogen-bond donors (Lipinski definition) is 0. The maximum Gasteiger partial charge on any atom is 0.0650 e. The molecule has 0 atom stereocenters. The lowest BCUT2D eigenvalue weighted by Crippen LogP contribution is -2.21. The van der Waals surface area contributed by atoms with E-state index in [1.54, 1.807) is 0 Å². The van der Waals surface area contributed by atoms with Gasteiger partial charge in [0.1, 0.15) is 0 Å². The lowest BCUT2D eigenvalue weighted by atomic mass is 10.0. The Morgan fingerprint density at radius 2 is 1.09 bits per heavy atom. The second kappa shape index (κ2) is 19.8. The highest BCUT2D eigenvalue weighted by Crippen LogP contribution is 2.18. The van der Waals surface area contributed by atoms with Crippen LogP contribution in [0.5, 0.6) is 0 Å². The molecule has 1 heteroatoms. The molecule has 1 nitrogen and oxygen atoms in total. The average Bonchev–Trinajstić information content (AvgIpc) is 3.52. The number of fused-ring (bicyclic) bond motifs is 3. The molecule has 0 spiro atoms. The highest BCUT2D eigenvalue weighted by Gasteiger charge is 2.01. The van der Waals surface area contributed by atoms with Crippen molar-refractivity contribution in [1.29, 1.82) is 0 Å². The molecule has 1 aliphatic rings. The van der Waals surface area contributed by atoms with Crippen LogP contribution in [0.3, 0.4) is 0 Å². The zero-order chi connectivity index (χ0) is 31.1. The first-order chi connectivity index (χ1) is 21.6. The van der Waals surface area contributed by atoms with E-state index in [0.717, 1.165) is 32.2 Å². The van der Waals surface area contributed by atoms with Gasteiger partial charge in [-0.2, -0.15) is 0 Å². The van der Waals surface area contributed by atoms with Gasteiger partial charge in [0.2, 0.25) is 0 Å². The maximum atomic E-state index is 4.41. The Morgan fingerprint density at radius 3 is 1.76 bits per heavy atom. The summed E-state index contributed by atoms with van der Waals surface area (Å²) < 4.78 is 0. The summed E-state index contributed by atoms with van der Waals surface area (Å²) >= 11 is 0. The normalized spacial score (nSPS) is 10.8. The molecule has 6 aromatic carbocycles. The van der Waals surface area contributed by atoms with Crippen LogP contribution in [0.15, 0.2) is 138 Å². The average molecular weight is 610 g/mol. The minimum absolute atomic E-state index is 0. The Bertz CT molecular complexity index is 1870. The summed E-state index contributed by atoms with van der Waals surface area (Å²) in [4.78, 5) is 4.41. The fourth-order valence-electron chi connectivity index (χ4n) is 5.36. The summed E-state index contributed by atoms with van der Waals surface area (Å²) in [6, 6.07) is 47.1. The highest BCUT2D eigenvalue weighted by atomic mass is 14.7. The molecule has 46 heavy (non-hydrogen) atoms. The molecule has 0 aliphatic carbocycles. The third kappa shape index (κ3) is 10.6. The fraction of sp³-hybridized carbons (Fsp3) is 0.267. The number of hydrogen-bond acceptors (Lipinski definition) is 1. The van der Waals surface area contributed by atoms with E-state index in [0.29, 0.717) is 0 Å². The Kier molecular flexibility index (Phi) is 16.2. The quantitative estimate of drug-likeness (QED) is 0.188. The monoisotopic (exact) mass is 609 g/mol. The first-order valence-electron chi connectivity index (χ1n) is 16.2. The predicted molar refractivity (Wildman–Crippen MR) is 206 cm³/mol. The number of nitrogens with zero attached hydrogens (tertiary/aromatic N) is 1. The lowest BCUT2D eigenvalue weighted by molar-refractivity contribution is 1.13. The highest BCUT2D eigenvalue weighted by molar-refractivity contribution is 5.85. The molecule has 6 aromatic rings. The summed E-state index contributed by atoms with van der Waals surface area (Å²) in [6.07, 6.45) is 4.49. The van der Waals surface area contributed by atoms with Gasteiger partial charge in [0.25, 0.3) is 0 Å². The van der Waals surface area contributed by atoms with E-state index in [4.69, 9.17) is 0 Å². The van der Waals surface area contributed by atoms with Crippen LogP contribution in [0.2, 0.25) is 0 Å². The second-order valence-electron chi connectivity index (χ2n) is 11.2. The SMILES string of the molecule is C.C.CCC1=c2ccccc2=NC1.CCc1ccc(C)cc1.CCc1ccc2ccccc2c1.CCc1cccc2ccccc12. The third-order valence-electron chi connectivity index (χ3n) is 8.16. The van der Waals surface area contributed by atoms with Crippen molar-refractivity contribution < 1.29 is 0 Å². The summed E-state index contributed by atoms with van der Waals surface area (Å²) in [5.74, 6) is 0. The summed E-state index contributed by atoms with van der Waals surface area (Å²) in [5, 5.41) is 7.94. The van der Waals surface area contributed by atoms with Gasteiger partial charge in [0.15, 0.2) is 0 Å². The molecular weight excluding hydrogens is 555 g/mol. The molecule has 0 bridgehead atoms. The predicted octanol–water partition coefficient (Wildman–Crippen LogP) is 11.5. The molecule has 1 aliphatic heterocycles. The second-order valence-corrected chi connectivity index (χ2v) is 11.2. The largest absolute Gasteiger partial charge is 0.280 e. The summed E-state index contributed by atoms with van der Waals surface area (Å²) in [6.45, 7) is 11.8. The number of rotatable bonds is 4. The van der Waals surface area contributed by atoms with E-state index in [1.807, 2.05) is 6.07 Å². The van der Waals surface area contributed by atoms with Crippen LogP contribution in [0.1, 0.15) is 71.2 Å². The molecule has 0 saturated carbocycles. The van der Waals surface area contributed by atoms with Gasteiger partial charge in [0.05, 0.1) is 11.9 Å². The van der Waals surface area contributed by atoms with Crippen molar-refractivity contribution in [1.82, 2.24) is 0 Å². The van der Waals surface area contributed by atoms with Gasteiger partial charge in [-0.1, -0.05) is 176 Å². The van der Waals surface area contributed by atoms with Gasteiger partial charge in [-0.15, -0.1) is 0 Å². The molecule has 7 rings (SSSR count). The van der Waals surface area contributed by atoms with E-state index >= 15 is 0 Å². The van der Waals surface area contributed by atoms with Crippen molar-refractivity contribution in [2.75, 3.05) is 6.54 Å². The van der Waals surface area contributed by atoms with Crippen LogP contribution in [0.4, 0.5) is 0 Å². The Balaban J connectivity index is 0.000000212. The number of aryl methyl sites for hydroxylation is 4. The van der Waals surface area contributed by atoms with Crippen LogP contribution in [-0.4, -0.2) is 6.54 Å². The van der Waals surface area contributed by atoms with Crippen molar-refractivity contribution in [3.05, 3.63) is 166 Å². The minimum Gasteiger partial charge on any atom is -0.280 e. The molecule has 0 unspecified atom stereocenters. The van der Waals surface area contributed by atoms with Crippen molar-refractivity contribution in [2.24, 2.45) is 4.99 Å². The van der Waals surface area contributed by atoms with Gasteiger partial charge in [-0.25, -0.2) is 0 Å². The Hall–Kier alpha value is -4.49. The van der Waals surface area contributed by atoms with Gasteiger partial charge in [-0.05, 0) is 82.5 Å². The standard InChI is InChI=1S/2C12H12.C10H11N.C9H12.2CH4/c1-2-10-7-5-8-11-6-3-4-9-12(10)11;1-2-10-7-8-11-5-3-4-6-12(11)9-10;1-2-8-7-11-10-6-4-3-5-9(8)10;1-3-9-6-4-8(2)5-7-9;;/h2*3-9H,2H2,1H3;3-6H,2,7H2,1H3;4-7H,3H2,1-2H3;2*1H4. The van der Waals surface area contributed by atoms with Gasteiger partial charge in [0, 0.05) is 5.22 Å². The third-order valence-corrected chi connectivity index (χ3v) is 8.16. The fourth-order valence-corrected chi connectivity index (χ4v) is 5.36. The van der Waals surface area contributed by atoms with Crippen LogP contribution in [0, 0.1) is 6.92 Å². The molecule has 0 amide bonds. The van der Waals surface area contributed by atoms with Crippen LogP contribution in [0.25, 0.3) is 27.1 Å². The van der Waals surface area contributed by atoms with Crippen molar-refractivity contribution in [2.45, 2.75) is 75.2 Å². The van der Waals surface area contributed by atoms with Crippen molar-refractivity contribution in [3.8, 4) is 0 Å². The lowest BCUT2D eigenvalue weighted by Gasteiger charge is -2.02. The van der Waals surface area contributed by atoms with Gasteiger partial charge in [-0.3, -0.25) is 4.99 Å². The zero-order valence-electron chi connectivity index (χ0n) is 27.2. The first kappa shape index (κ1) is 37.7. The molecule has 0 fully saturated rings. The summed E-state index contributed by atoms with van der Waals surface area (Å²) in [7, 11) is 0. The van der Waals surface area contributed by atoms with Crippen LogP contribution < -0.4 is 10.6 Å². The van der Waals surface area contributed by atoms with E-state index < -0.39 is 0 Å². The van der Waals surface area contributed by atoms with E-state index in [-0.39, 0.29) is 14.9 Å². The Labute approximate surface area is 279 Å².